The van der Waals surface area contributed by atoms with E-state index in [1.165, 1.54) is 0 Å². The highest BCUT2D eigenvalue weighted by atomic mass is 16.3. The first-order chi connectivity index (χ1) is 14.0. The number of hydrogen-bond donors (Lipinski definition) is 1. The largest absolute Gasteiger partial charge is 0.507 e. The van der Waals surface area contributed by atoms with Crippen molar-refractivity contribution in [2.45, 2.75) is 74.1 Å². The molecule has 1 aromatic carbocycles. The summed E-state index contributed by atoms with van der Waals surface area (Å²) in [6.07, 6.45) is 2.17. The van der Waals surface area contributed by atoms with Gasteiger partial charge in [-0.05, 0) is 60.8 Å². The van der Waals surface area contributed by atoms with Gasteiger partial charge in [-0.25, -0.2) is 0 Å². The molecular weight excluding hydrogens is 372 g/mol. The van der Waals surface area contributed by atoms with E-state index in [9.17, 15) is 14.7 Å². The van der Waals surface area contributed by atoms with Crippen molar-refractivity contribution in [2.75, 3.05) is 0 Å². The number of phenols is 1. The minimum atomic E-state index is -0.269. The summed E-state index contributed by atoms with van der Waals surface area (Å²) in [6.45, 7) is 13.9. The lowest BCUT2D eigenvalue weighted by atomic mass is 9.92. The average Bonchev–Trinajstić information content (AvgIpc) is 2.63. The lowest BCUT2D eigenvalue weighted by molar-refractivity contribution is -0.122. The van der Waals surface area contributed by atoms with Crippen molar-refractivity contribution in [3.05, 3.63) is 28.8 Å². The maximum absolute atomic E-state index is 12.7. The Balaban J connectivity index is 2.97. The summed E-state index contributed by atoms with van der Waals surface area (Å²) in [5.41, 5.74) is 2.10. The molecule has 0 aliphatic carbocycles. The van der Waals surface area contributed by atoms with Crippen molar-refractivity contribution in [3.63, 3.8) is 0 Å². The highest BCUT2D eigenvalue weighted by molar-refractivity contribution is 6.09. The molecule has 0 aliphatic heterocycles. The monoisotopic (exact) mass is 408 g/mol. The molecular formula is C27H36O3. The Morgan fingerprint density at radius 3 is 1.97 bits per heavy atom. The van der Waals surface area contributed by atoms with Crippen LogP contribution in [0.1, 0.15) is 82.8 Å². The third kappa shape index (κ3) is 8.46. The molecule has 1 rings (SSSR count). The predicted octanol–water partition coefficient (Wildman–Crippen LogP) is 5.62. The van der Waals surface area contributed by atoms with Gasteiger partial charge in [0.2, 0.25) is 5.78 Å². The zero-order valence-electron chi connectivity index (χ0n) is 19.6. The molecule has 3 heteroatoms. The number of Topliss-reactive ketones (excluding diaryl/α,β-unsaturated/α-hetero) is 2. The standard InChI is InChI=1S/C27H36O3/c1-8-10-20(6)15-26(29)21(7)11-9-12-25(28)22-16-23(13-18(2)3)27(30)24(17-22)14-19(4)5/h16-21,30H,11,13-15H2,1-7H3/t20-,21?/m0/s1. The molecule has 0 radical (unpaired) electrons. The summed E-state index contributed by atoms with van der Waals surface area (Å²) >= 11 is 0. The van der Waals surface area contributed by atoms with E-state index in [1.54, 1.807) is 19.1 Å². The van der Waals surface area contributed by atoms with Gasteiger partial charge in [-0.15, -0.1) is 11.8 Å². The Morgan fingerprint density at radius 2 is 1.50 bits per heavy atom. The van der Waals surface area contributed by atoms with E-state index in [0.29, 0.717) is 48.8 Å². The molecule has 1 N–H and O–H groups in total. The van der Waals surface area contributed by atoms with Gasteiger partial charge in [0.25, 0.3) is 0 Å². The maximum Gasteiger partial charge on any atom is 0.235 e. The van der Waals surface area contributed by atoms with Crippen molar-refractivity contribution in [2.24, 2.45) is 23.7 Å². The smallest absolute Gasteiger partial charge is 0.235 e. The predicted molar refractivity (Wildman–Crippen MR) is 123 cm³/mol. The van der Waals surface area contributed by atoms with Crippen molar-refractivity contribution >= 4 is 11.6 Å². The van der Waals surface area contributed by atoms with E-state index in [4.69, 9.17) is 0 Å². The summed E-state index contributed by atoms with van der Waals surface area (Å²) in [7, 11) is 0. The number of aromatic hydroxyl groups is 1. The Kier molecular flexibility index (Phi) is 10.4. The van der Waals surface area contributed by atoms with Crippen LogP contribution in [0.2, 0.25) is 0 Å². The van der Waals surface area contributed by atoms with Gasteiger partial charge in [-0.2, -0.15) is 0 Å². The second kappa shape index (κ2) is 12.2. The van der Waals surface area contributed by atoms with Crippen molar-refractivity contribution in [3.8, 4) is 29.4 Å². The molecule has 3 nitrogen and oxygen atoms in total. The molecule has 1 unspecified atom stereocenters. The number of rotatable bonds is 9. The summed E-state index contributed by atoms with van der Waals surface area (Å²) in [5.74, 6) is 12.1. The second-order valence-corrected chi connectivity index (χ2v) is 9.04. The zero-order valence-corrected chi connectivity index (χ0v) is 19.6. The highest BCUT2D eigenvalue weighted by Gasteiger charge is 2.16. The van der Waals surface area contributed by atoms with Gasteiger partial charge >= 0.3 is 0 Å². The van der Waals surface area contributed by atoms with Crippen LogP contribution in [-0.4, -0.2) is 16.7 Å². The van der Waals surface area contributed by atoms with Crippen LogP contribution in [0.5, 0.6) is 5.75 Å². The lowest BCUT2D eigenvalue weighted by Crippen LogP contribution is -2.13. The van der Waals surface area contributed by atoms with E-state index in [1.807, 2.05) is 13.8 Å². The molecule has 0 aliphatic rings. The Hall–Kier alpha value is -2.52. The number of carbonyl (C=O) groups excluding carboxylic acids is 2. The van der Waals surface area contributed by atoms with Gasteiger partial charge < -0.3 is 5.11 Å². The molecule has 0 saturated heterocycles. The molecule has 162 valence electrons. The van der Waals surface area contributed by atoms with Crippen LogP contribution in [0.15, 0.2) is 12.1 Å². The van der Waals surface area contributed by atoms with E-state index in [-0.39, 0.29) is 23.4 Å². The molecule has 0 bridgehead atoms. The van der Waals surface area contributed by atoms with Gasteiger partial charge in [-0.3, -0.25) is 9.59 Å². The normalized spacial score (nSPS) is 12.6. The molecule has 30 heavy (non-hydrogen) atoms. The fraction of sp³-hybridized carbons (Fsp3) is 0.556. The fourth-order valence-electron chi connectivity index (χ4n) is 3.35. The SMILES string of the molecule is CC#C[C@H](C)CC(=O)C(C)CC#CC(=O)c1cc(CC(C)C)c(O)c(CC(C)C)c1. The summed E-state index contributed by atoms with van der Waals surface area (Å²) < 4.78 is 0. The van der Waals surface area contributed by atoms with Crippen LogP contribution < -0.4 is 0 Å². The molecule has 2 atom stereocenters. The van der Waals surface area contributed by atoms with Crippen LogP contribution in [0.3, 0.4) is 0 Å². The third-order valence-corrected chi connectivity index (χ3v) is 4.84. The van der Waals surface area contributed by atoms with Crippen LogP contribution in [-0.2, 0) is 17.6 Å². The molecule has 0 heterocycles. The topological polar surface area (TPSA) is 54.4 Å². The number of carbonyl (C=O) groups is 2. The molecule has 0 fully saturated rings. The average molecular weight is 409 g/mol. The zero-order chi connectivity index (χ0) is 22.8. The Morgan fingerprint density at radius 1 is 0.967 bits per heavy atom. The Bertz CT molecular complexity index is 838. The quantitative estimate of drug-likeness (QED) is 0.328. The summed E-state index contributed by atoms with van der Waals surface area (Å²) in [5, 5.41) is 10.6. The van der Waals surface area contributed by atoms with Gasteiger partial charge in [-0.1, -0.05) is 47.5 Å². The second-order valence-electron chi connectivity index (χ2n) is 9.04. The van der Waals surface area contributed by atoms with E-state index in [0.717, 1.165) is 11.1 Å². The van der Waals surface area contributed by atoms with Crippen LogP contribution in [0.25, 0.3) is 0 Å². The number of hydrogen-bond acceptors (Lipinski definition) is 3. The van der Waals surface area contributed by atoms with Gasteiger partial charge in [0.1, 0.15) is 11.5 Å². The first kappa shape index (κ1) is 25.5. The van der Waals surface area contributed by atoms with Crippen LogP contribution in [0.4, 0.5) is 0 Å². The number of benzene rings is 1. The van der Waals surface area contributed by atoms with Crippen LogP contribution in [0, 0.1) is 47.4 Å². The minimum absolute atomic E-state index is 0.0373. The first-order valence-electron chi connectivity index (χ1n) is 10.9. The molecule has 1 aromatic rings. The first-order valence-corrected chi connectivity index (χ1v) is 10.9. The fourth-order valence-corrected chi connectivity index (χ4v) is 3.35. The summed E-state index contributed by atoms with van der Waals surface area (Å²) in [4.78, 5) is 24.9. The molecule has 0 spiro atoms. The van der Waals surface area contributed by atoms with E-state index < -0.39 is 0 Å². The molecule has 0 aromatic heterocycles. The summed E-state index contributed by atoms with van der Waals surface area (Å²) in [6, 6.07) is 3.52. The van der Waals surface area contributed by atoms with Gasteiger partial charge in [0, 0.05) is 30.2 Å². The third-order valence-electron chi connectivity index (χ3n) is 4.84. The van der Waals surface area contributed by atoms with E-state index >= 15 is 0 Å². The van der Waals surface area contributed by atoms with Crippen molar-refractivity contribution < 1.29 is 14.7 Å². The number of ketones is 2. The highest BCUT2D eigenvalue weighted by Crippen LogP contribution is 2.29. The van der Waals surface area contributed by atoms with Crippen molar-refractivity contribution in [1.29, 1.82) is 0 Å². The molecule has 0 saturated carbocycles. The van der Waals surface area contributed by atoms with Crippen LogP contribution >= 0.6 is 0 Å². The minimum Gasteiger partial charge on any atom is -0.507 e. The lowest BCUT2D eigenvalue weighted by Gasteiger charge is -2.15. The number of phenolic OH excluding ortho intramolecular Hbond substituents is 1. The van der Waals surface area contributed by atoms with Crippen molar-refractivity contribution in [1.82, 2.24) is 0 Å². The Labute approximate surface area is 182 Å². The maximum atomic E-state index is 12.7. The van der Waals surface area contributed by atoms with Gasteiger partial charge in [0.15, 0.2) is 0 Å². The van der Waals surface area contributed by atoms with E-state index in [2.05, 4.69) is 51.4 Å². The van der Waals surface area contributed by atoms with Gasteiger partial charge in [0.05, 0.1) is 0 Å². The molecule has 0 amide bonds.